The summed E-state index contributed by atoms with van der Waals surface area (Å²) < 4.78 is 0. The average Bonchev–Trinajstić information content (AvgIpc) is 2.39. The van der Waals surface area contributed by atoms with Crippen LogP contribution < -0.4 is 4.90 Å². The molecule has 0 bridgehead atoms. The minimum Gasteiger partial charge on any atom is -0.480 e. The molecule has 2 rings (SSSR count). The van der Waals surface area contributed by atoms with Crippen LogP contribution in [0.25, 0.3) is 10.8 Å². The molecule has 1 unspecified atom stereocenters. The first-order valence-electron chi connectivity index (χ1n) is 5.59. The fraction of sp³-hybridized carbons (Fsp3) is 0.143. The maximum Gasteiger partial charge on any atom is 0.326 e. The molecule has 92 valence electrons. The maximum atomic E-state index is 11.2. The van der Waals surface area contributed by atoms with E-state index in [-0.39, 0.29) is 0 Å². The molecule has 2 aromatic carbocycles. The van der Waals surface area contributed by atoms with Gasteiger partial charge in [0.1, 0.15) is 6.04 Å². The molecule has 1 atom stereocenters. The highest BCUT2D eigenvalue weighted by Crippen LogP contribution is 2.27. The Kier molecular flexibility index (Phi) is 3.28. The fourth-order valence-corrected chi connectivity index (χ4v) is 1.91. The summed E-state index contributed by atoms with van der Waals surface area (Å²) >= 11 is 0. The lowest BCUT2D eigenvalue weighted by molar-refractivity contribution is -0.138. The molecule has 1 amide bonds. The van der Waals surface area contributed by atoms with E-state index in [0.717, 1.165) is 10.8 Å². The van der Waals surface area contributed by atoms with E-state index in [1.165, 1.54) is 11.8 Å². The number of anilines is 1. The third-order valence-electron chi connectivity index (χ3n) is 2.93. The molecule has 0 radical (unpaired) electrons. The molecule has 2 aromatic rings. The van der Waals surface area contributed by atoms with E-state index in [0.29, 0.717) is 12.1 Å². The van der Waals surface area contributed by atoms with Gasteiger partial charge < -0.3 is 10.0 Å². The molecule has 4 nitrogen and oxygen atoms in total. The molecule has 4 heteroatoms. The second-order valence-electron chi connectivity index (χ2n) is 4.03. The monoisotopic (exact) mass is 243 g/mol. The molecule has 1 N–H and O–H groups in total. The van der Waals surface area contributed by atoms with E-state index in [4.69, 9.17) is 5.11 Å². The number of carbonyl (C=O) groups is 2. The van der Waals surface area contributed by atoms with Gasteiger partial charge in [0.2, 0.25) is 6.41 Å². The zero-order valence-corrected chi connectivity index (χ0v) is 9.91. The second-order valence-corrected chi connectivity index (χ2v) is 4.03. The van der Waals surface area contributed by atoms with Crippen LogP contribution in [0, 0.1) is 0 Å². The molecular formula is C14H13NO3. The van der Waals surface area contributed by atoms with Crippen molar-refractivity contribution in [3.63, 3.8) is 0 Å². The first-order valence-corrected chi connectivity index (χ1v) is 5.59. The Bertz CT molecular complexity index is 589. The van der Waals surface area contributed by atoms with Crippen LogP contribution in [0.1, 0.15) is 6.92 Å². The van der Waals surface area contributed by atoms with E-state index in [2.05, 4.69) is 0 Å². The molecule has 0 aromatic heterocycles. The lowest BCUT2D eigenvalue weighted by Crippen LogP contribution is -2.38. The van der Waals surface area contributed by atoms with Crippen LogP contribution in [-0.4, -0.2) is 23.5 Å². The van der Waals surface area contributed by atoms with Crippen molar-refractivity contribution in [1.82, 2.24) is 0 Å². The van der Waals surface area contributed by atoms with Gasteiger partial charge in [0.25, 0.3) is 0 Å². The predicted octanol–water partition coefficient (Wildman–Crippen LogP) is 2.28. The number of benzene rings is 2. The van der Waals surface area contributed by atoms with Gasteiger partial charge >= 0.3 is 5.97 Å². The molecule has 0 saturated carbocycles. The van der Waals surface area contributed by atoms with Crippen LogP contribution in [0.5, 0.6) is 0 Å². The Morgan fingerprint density at radius 2 is 1.89 bits per heavy atom. The fourth-order valence-electron chi connectivity index (χ4n) is 1.91. The van der Waals surface area contributed by atoms with Gasteiger partial charge in [-0.15, -0.1) is 0 Å². The minimum absolute atomic E-state index is 0.556. The lowest BCUT2D eigenvalue weighted by Gasteiger charge is -2.23. The zero-order chi connectivity index (χ0) is 13.1. The van der Waals surface area contributed by atoms with Gasteiger partial charge in [0.15, 0.2) is 0 Å². The van der Waals surface area contributed by atoms with E-state index in [1.807, 2.05) is 36.4 Å². The zero-order valence-electron chi connectivity index (χ0n) is 9.91. The Morgan fingerprint density at radius 3 is 2.56 bits per heavy atom. The minimum atomic E-state index is -1.03. The summed E-state index contributed by atoms with van der Waals surface area (Å²) in [6.45, 7) is 1.48. The highest BCUT2D eigenvalue weighted by molar-refractivity contribution is 6.00. The first-order chi connectivity index (χ1) is 8.65. The number of carbonyl (C=O) groups excluding carboxylic acids is 1. The number of hydrogen-bond acceptors (Lipinski definition) is 2. The summed E-state index contributed by atoms with van der Waals surface area (Å²) in [4.78, 5) is 23.4. The van der Waals surface area contributed by atoms with Gasteiger partial charge in [-0.3, -0.25) is 4.79 Å². The Balaban J connectivity index is 2.58. The van der Waals surface area contributed by atoms with Crippen molar-refractivity contribution in [3.05, 3.63) is 42.5 Å². The largest absolute Gasteiger partial charge is 0.480 e. The van der Waals surface area contributed by atoms with E-state index in [1.54, 1.807) is 6.07 Å². The highest BCUT2D eigenvalue weighted by atomic mass is 16.4. The molecule has 0 saturated heterocycles. The second kappa shape index (κ2) is 4.87. The van der Waals surface area contributed by atoms with Crippen molar-refractivity contribution < 1.29 is 14.7 Å². The molecule has 0 heterocycles. The lowest BCUT2D eigenvalue weighted by atomic mass is 10.1. The third kappa shape index (κ3) is 2.05. The van der Waals surface area contributed by atoms with Gasteiger partial charge in [-0.05, 0) is 18.4 Å². The van der Waals surface area contributed by atoms with Gasteiger partial charge in [0, 0.05) is 5.39 Å². The standard InChI is InChI=1S/C14H13NO3/c1-10(14(17)18)15(9-16)13-8-4-6-11-5-2-3-7-12(11)13/h2-10H,1H3,(H,17,18). The van der Waals surface area contributed by atoms with Crippen LogP contribution in [0.3, 0.4) is 0 Å². The predicted molar refractivity (Wildman–Crippen MR) is 69.6 cm³/mol. The summed E-state index contributed by atoms with van der Waals surface area (Å²) in [7, 11) is 0. The Labute approximate surface area is 104 Å². The Hall–Kier alpha value is -2.36. The number of carboxylic acids is 1. The summed E-state index contributed by atoms with van der Waals surface area (Å²) in [5.74, 6) is -1.03. The van der Waals surface area contributed by atoms with E-state index in [9.17, 15) is 9.59 Å². The van der Waals surface area contributed by atoms with Crippen molar-refractivity contribution in [2.75, 3.05) is 4.90 Å². The molecule has 0 aliphatic heterocycles. The molecule has 0 spiro atoms. The number of amides is 1. The number of hydrogen-bond donors (Lipinski definition) is 1. The molecular weight excluding hydrogens is 230 g/mol. The molecule has 0 aliphatic rings. The van der Waals surface area contributed by atoms with Crippen LogP contribution >= 0.6 is 0 Å². The molecule has 0 aliphatic carbocycles. The SMILES string of the molecule is CC(C(=O)O)N(C=O)c1cccc2ccccc12. The summed E-state index contributed by atoms with van der Waals surface area (Å²) in [5, 5.41) is 10.8. The topological polar surface area (TPSA) is 57.6 Å². The summed E-state index contributed by atoms with van der Waals surface area (Å²) in [6.07, 6.45) is 0.556. The van der Waals surface area contributed by atoms with Crippen molar-refractivity contribution >= 4 is 28.8 Å². The number of carboxylic acid groups (broad SMARTS) is 1. The van der Waals surface area contributed by atoms with Gasteiger partial charge in [-0.2, -0.15) is 0 Å². The summed E-state index contributed by atoms with van der Waals surface area (Å²) in [6, 6.07) is 12.1. The summed E-state index contributed by atoms with van der Waals surface area (Å²) in [5.41, 5.74) is 0.609. The normalized spacial score (nSPS) is 12.1. The average molecular weight is 243 g/mol. The van der Waals surface area contributed by atoms with Crippen LogP contribution in [0.15, 0.2) is 42.5 Å². The van der Waals surface area contributed by atoms with Gasteiger partial charge in [-0.1, -0.05) is 36.4 Å². The van der Waals surface area contributed by atoms with E-state index >= 15 is 0 Å². The Morgan fingerprint density at radius 1 is 1.22 bits per heavy atom. The number of fused-ring (bicyclic) bond motifs is 1. The van der Waals surface area contributed by atoms with Crippen molar-refractivity contribution in [2.45, 2.75) is 13.0 Å². The molecule has 18 heavy (non-hydrogen) atoms. The van der Waals surface area contributed by atoms with E-state index < -0.39 is 12.0 Å². The van der Waals surface area contributed by atoms with Crippen molar-refractivity contribution in [3.8, 4) is 0 Å². The van der Waals surface area contributed by atoms with Crippen LogP contribution in [0.4, 0.5) is 5.69 Å². The number of nitrogens with zero attached hydrogens (tertiary/aromatic N) is 1. The van der Waals surface area contributed by atoms with Gasteiger partial charge in [0.05, 0.1) is 5.69 Å². The quantitative estimate of drug-likeness (QED) is 0.838. The smallest absolute Gasteiger partial charge is 0.326 e. The molecule has 0 fully saturated rings. The third-order valence-corrected chi connectivity index (χ3v) is 2.93. The highest BCUT2D eigenvalue weighted by Gasteiger charge is 2.21. The number of rotatable bonds is 4. The first kappa shape index (κ1) is 12.1. The van der Waals surface area contributed by atoms with Crippen molar-refractivity contribution in [1.29, 1.82) is 0 Å². The van der Waals surface area contributed by atoms with Gasteiger partial charge in [-0.25, -0.2) is 4.79 Å². The van der Waals surface area contributed by atoms with Crippen LogP contribution in [-0.2, 0) is 9.59 Å². The maximum absolute atomic E-state index is 11.2. The number of aliphatic carboxylic acids is 1. The van der Waals surface area contributed by atoms with Crippen molar-refractivity contribution in [2.24, 2.45) is 0 Å². The van der Waals surface area contributed by atoms with Crippen LogP contribution in [0.2, 0.25) is 0 Å².